The molecule has 0 radical (unpaired) electrons. The van der Waals surface area contributed by atoms with E-state index in [1.807, 2.05) is 13.8 Å². The zero-order chi connectivity index (χ0) is 9.19. The van der Waals surface area contributed by atoms with E-state index in [-0.39, 0.29) is 5.41 Å². The quantitative estimate of drug-likeness (QED) is 0.607. The average Bonchev–Trinajstić information content (AvgIpc) is 2.35. The summed E-state index contributed by atoms with van der Waals surface area (Å²) in [4.78, 5) is 10.6. The molecule has 0 aromatic rings. The van der Waals surface area contributed by atoms with Gasteiger partial charge in [0.1, 0.15) is 6.29 Å². The molecule has 1 saturated heterocycles. The van der Waals surface area contributed by atoms with E-state index >= 15 is 0 Å². The SMILES string of the molecule is CC1CCC(CC(C)(C)C=O)O1. The third kappa shape index (κ3) is 2.59. The second-order valence-corrected chi connectivity index (χ2v) is 4.46. The fourth-order valence-electron chi connectivity index (χ4n) is 1.67. The molecule has 0 amide bonds. The monoisotopic (exact) mass is 170 g/mol. The molecule has 1 aliphatic rings. The largest absolute Gasteiger partial charge is 0.375 e. The highest BCUT2D eigenvalue weighted by Crippen LogP contribution is 2.29. The number of carbonyl (C=O) groups is 1. The molecule has 12 heavy (non-hydrogen) atoms. The van der Waals surface area contributed by atoms with E-state index in [4.69, 9.17) is 4.74 Å². The predicted octanol–water partition coefficient (Wildman–Crippen LogP) is 2.17. The highest BCUT2D eigenvalue weighted by atomic mass is 16.5. The van der Waals surface area contributed by atoms with Gasteiger partial charge in [-0.15, -0.1) is 0 Å². The normalized spacial score (nSPS) is 30.6. The lowest BCUT2D eigenvalue weighted by molar-refractivity contribution is -0.116. The standard InChI is InChI=1S/C10H18O2/c1-8-4-5-9(12-8)6-10(2,3)7-11/h7-9H,4-6H2,1-3H3. The molecule has 1 rings (SSSR count). The maximum absolute atomic E-state index is 10.6. The van der Waals surface area contributed by atoms with Crippen molar-refractivity contribution in [1.82, 2.24) is 0 Å². The van der Waals surface area contributed by atoms with Gasteiger partial charge < -0.3 is 9.53 Å². The summed E-state index contributed by atoms with van der Waals surface area (Å²) in [6, 6.07) is 0. The van der Waals surface area contributed by atoms with Crippen molar-refractivity contribution in [3.05, 3.63) is 0 Å². The molecular weight excluding hydrogens is 152 g/mol. The molecule has 0 aromatic carbocycles. The Morgan fingerprint density at radius 1 is 1.50 bits per heavy atom. The van der Waals surface area contributed by atoms with E-state index < -0.39 is 0 Å². The van der Waals surface area contributed by atoms with Gasteiger partial charge in [-0.2, -0.15) is 0 Å². The lowest BCUT2D eigenvalue weighted by Crippen LogP contribution is -2.21. The van der Waals surface area contributed by atoms with E-state index in [9.17, 15) is 4.79 Å². The smallest absolute Gasteiger partial charge is 0.125 e. The Morgan fingerprint density at radius 2 is 2.17 bits per heavy atom. The van der Waals surface area contributed by atoms with Gasteiger partial charge in [-0.05, 0) is 26.2 Å². The molecule has 0 spiro atoms. The van der Waals surface area contributed by atoms with Gasteiger partial charge in [0.05, 0.1) is 12.2 Å². The number of hydrogen-bond donors (Lipinski definition) is 0. The molecule has 0 aliphatic carbocycles. The summed E-state index contributed by atoms with van der Waals surface area (Å²) in [5.74, 6) is 0. The zero-order valence-electron chi connectivity index (χ0n) is 8.17. The molecule has 1 aliphatic heterocycles. The van der Waals surface area contributed by atoms with Crippen LogP contribution in [-0.2, 0) is 9.53 Å². The van der Waals surface area contributed by atoms with Crippen LogP contribution < -0.4 is 0 Å². The first-order valence-corrected chi connectivity index (χ1v) is 4.65. The summed E-state index contributed by atoms with van der Waals surface area (Å²) in [6.07, 6.45) is 4.83. The van der Waals surface area contributed by atoms with E-state index in [0.717, 1.165) is 25.5 Å². The maximum Gasteiger partial charge on any atom is 0.125 e. The molecule has 2 heteroatoms. The van der Waals surface area contributed by atoms with Gasteiger partial charge in [0, 0.05) is 5.41 Å². The van der Waals surface area contributed by atoms with Crippen LogP contribution in [0.25, 0.3) is 0 Å². The minimum atomic E-state index is -0.214. The van der Waals surface area contributed by atoms with E-state index in [1.165, 1.54) is 0 Å². The molecule has 2 nitrogen and oxygen atoms in total. The zero-order valence-corrected chi connectivity index (χ0v) is 8.17. The molecule has 1 heterocycles. The lowest BCUT2D eigenvalue weighted by Gasteiger charge is -2.21. The number of aldehydes is 1. The lowest BCUT2D eigenvalue weighted by atomic mass is 9.88. The van der Waals surface area contributed by atoms with Crippen molar-refractivity contribution in [2.24, 2.45) is 5.41 Å². The van der Waals surface area contributed by atoms with Crippen molar-refractivity contribution >= 4 is 6.29 Å². The summed E-state index contributed by atoms with van der Waals surface area (Å²) < 4.78 is 5.64. The van der Waals surface area contributed by atoms with Gasteiger partial charge in [-0.1, -0.05) is 13.8 Å². The van der Waals surface area contributed by atoms with Crippen molar-refractivity contribution in [1.29, 1.82) is 0 Å². The molecule has 70 valence electrons. The first kappa shape index (κ1) is 9.72. The number of carbonyl (C=O) groups excluding carboxylic acids is 1. The van der Waals surface area contributed by atoms with Gasteiger partial charge in [0.2, 0.25) is 0 Å². The number of rotatable bonds is 3. The van der Waals surface area contributed by atoms with Crippen molar-refractivity contribution < 1.29 is 9.53 Å². The topological polar surface area (TPSA) is 26.3 Å². The van der Waals surface area contributed by atoms with Crippen LogP contribution in [0.15, 0.2) is 0 Å². The van der Waals surface area contributed by atoms with Crippen LogP contribution in [0.1, 0.15) is 40.0 Å². The molecule has 0 aromatic heterocycles. The number of ether oxygens (including phenoxy) is 1. The first-order valence-electron chi connectivity index (χ1n) is 4.65. The van der Waals surface area contributed by atoms with Crippen molar-refractivity contribution in [3.63, 3.8) is 0 Å². The molecule has 2 atom stereocenters. The highest BCUT2D eigenvalue weighted by Gasteiger charge is 2.28. The van der Waals surface area contributed by atoms with Crippen LogP contribution in [0.5, 0.6) is 0 Å². The van der Waals surface area contributed by atoms with Crippen LogP contribution in [-0.4, -0.2) is 18.5 Å². The highest BCUT2D eigenvalue weighted by molar-refractivity contribution is 5.57. The summed E-state index contributed by atoms with van der Waals surface area (Å²) in [5, 5.41) is 0. The summed E-state index contributed by atoms with van der Waals surface area (Å²) in [6.45, 7) is 6.02. The first-order chi connectivity index (χ1) is 5.53. The Balaban J connectivity index is 2.36. The average molecular weight is 170 g/mol. The summed E-state index contributed by atoms with van der Waals surface area (Å²) in [5.41, 5.74) is -0.214. The van der Waals surface area contributed by atoms with Gasteiger partial charge in [0.25, 0.3) is 0 Å². The van der Waals surface area contributed by atoms with E-state index in [2.05, 4.69) is 6.92 Å². The second kappa shape index (κ2) is 3.56. The van der Waals surface area contributed by atoms with Crippen molar-refractivity contribution in [2.45, 2.75) is 52.2 Å². The maximum atomic E-state index is 10.6. The predicted molar refractivity (Wildman–Crippen MR) is 48.0 cm³/mol. The van der Waals surface area contributed by atoms with Crippen LogP contribution in [0.4, 0.5) is 0 Å². The van der Waals surface area contributed by atoms with Crippen molar-refractivity contribution in [3.8, 4) is 0 Å². The third-order valence-corrected chi connectivity index (χ3v) is 2.39. The van der Waals surface area contributed by atoms with E-state index in [1.54, 1.807) is 0 Å². The van der Waals surface area contributed by atoms with Gasteiger partial charge in [-0.25, -0.2) is 0 Å². The van der Waals surface area contributed by atoms with Crippen LogP contribution in [0, 0.1) is 5.41 Å². The fraction of sp³-hybridized carbons (Fsp3) is 0.900. The molecule has 0 N–H and O–H groups in total. The number of hydrogen-bond acceptors (Lipinski definition) is 2. The Morgan fingerprint density at radius 3 is 2.58 bits per heavy atom. The molecule has 0 saturated carbocycles. The van der Waals surface area contributed by atoms with Crippen LogP contribution in [0.3, 0.4) is 0 Å². The van der Waals surface area contributed by atoms with Crippen LogP contribution >= 0.6 is 0 Å². The Labute approximate surface area is 74.3 Å². The fourth-order valence-corrected chi connectivity index (χ4v) is 1.67. The van der Waals surface area contributed by atoms with Gasteiger partial charge in [0.15, 0.2) is 0 Å². The molecular formula is C10H18O2. The summed E-state index contributed by atoms with van der Waals surface area (Å²) >= 11 is 0. The molecule has 2 unspecified atom stereocenters. The Kier molecular flexibility index (Phi) is 2.89. The Hall–Kier alpha value is -0.370. The minimum Gasteiger partial charge on any atom is -0.375 e. The molecule has 1 fully saturated rings. The second-order valence-electron chi connectivity index (χ2n) is 4.46. The summed E-state index contributed by atoms with van der Waals surface area (Å²) in [7, 11) is 0. The van der Waals surface area contributed by atoms with Crippen LogP contribution in [0.2, 0.25) is 0 Å². The van der Waals surface area contributed by atoms with Gasteiger partial charge >= 0.3 is 0 Å². The Bertz CT molecular complexity index is 163. The minimum absolute atomic E-state index is 0.214. The molecule has 0 bridgehead atoms. The van der Waals surface area contributed by atoms with Crippen molar-refractivity contribution in [2.75, 3.05) is 0 Å². The van der Waals surface area contributed by atoms with Gasteiger partial charge in [-0.3, -0.25) is 0 Å². The van der Waals surface area contributed by atoms with E-state index in [0.29, 0.717) is 12.2 Å². The third-order valence-electron chi connectivity index (χ3n) is 2.39.